The average Bonchev–Trinajstić information content (AvgIpc) is 3.12. The number of epoxide rings is 1. The summed E-state index contributed by atoms with van der Waals surface area (Å²) in [6, 6.07) is 0. The maximum absolute atomic E-state index is 11.1. The maximum Gasteiger partial charge on any atom is 0.219 e. The quantitative estimate of drug-likeness (QED) is 0.365. The smallest absolute Gasteiger partial charge is 0.219 e. The van der Waals surface area contributed by atoms with Crippen LogP contribution >= 0.6 is 0 Å². The molecule has 0 saturated carbocycles. The van der Waals surface area contributed by atoms with Crippen LogP contribution in [0, 0.1) is 0 Å². The van der Waals surface area contributed by atoms with E-state index in [1.807, 2.05) is 14.0 Å². The summed E-state index contributed by atoms with van der Waals surface area (Å²) in [6.07, 6.45) is 8.05. The van der Waals surface area contributed by atoms with E-state index in [4.69, 9.17) is 4.74 Å². The molecule has 0 N–H and O–H groups in total. The second kappa shape index (κ2) is 8.33. The molecule has 0 bridgehead atoms. The van der Waals surface area contributed by atoms with Gasteiger partial charge in [-0.1, -0.05) is 19.1 Å². The molecular formula is C15H28N2O2. The second-order valence-corrected chi connectivity index (χ2v) is 5.20. The van der Waals surface area contributed by atoms with Gasteiger partial charge in [-0.15, -0.1) is 0 Å². The lowest BCUT2D eigenvalue weighted by atomic mass is 10.2. The molecule has 0 aromatic carbocycles. The minimum Gasteiger partial charge on any atom is -0.349 e. The Kier molecular flexibility index (Phi) is 7.10. The summed E-state index contributed by atoms with van der Waals surface area (Å²) in [4.78, 5) is 15.3. The molecule has 4 heteroatoms. The molecule has 0 aromatic rings. The van der Waals surface area contributed by atoms with Gasteiger partial charge in [-0.05, 0) is 26.2 Å². The maximum atomic E-state index is 11.1. The van der Waals surface area contributed by atoms with Gasteiger partial charge in [0.15, 0.2) is 0 Å². The first kappa shape index (κ1) is 16.2. The topological polar surface area (TPSA) is 36.1 Å². The Bertz CT molecular complexity index is 305. The number of carbonyl (C=O) groups is 1. The number of unbranched alkanes of at least 4 members (excludes halogenated alkanes) is 1. The fourth-order valence-electron chi connectivity index (χ4n) is 2.21. The highest BCUT2D eigenvalue weighted by atomic mass is 16.6. The molecule has 110 valence electrons. The molecule has 1 rings (SSSR count). The van der Waals surface area contributed by atoms with Crippen LogP contribution in [0.15, 0.2) is 12.2 Å². The van der Waals surface area contributed by atoms with E-state index in [0.717, 1.165) is 38.9 Å². The summed E-state index contributed by atoms with van der Waals surface area (Å²) < 4.78 is 5.66. The number of rotatable bonds is 9. The predicted molar refractivity (Wildman–Crippen MR) is 77.9 cm³/mol. The predicted octanol–water partition coefficient (Wildman–Crippen LogP) is 2.26. The van der Waals surface area contributed by atoms with E-state index in [-0.39, 0.29) is 18.2 Å². The van der Waals surface area contributed by atoms with Gasteiger partial charge in [0.2, 0.25) is 5.91 Å². The van der Waals surface area contributed by atoms with Crippen molar-refractivity contribution in [3.05, 3.63) is 12.2 Å². The molecule has 1 aliphatic rings. The molecule has 0 spiro atoms. The normalized spacial score (nSPS) is 22.2. The van der Waals surface area contributed by atoms with Gasteiger partial charge in [0.05, 0.1) is 0 Å². The molecule has 2 unspecified atom stereocenters. The van der Waals surface area contributed by atoms with E-state index < -0.39 is 0 Å². The summed E-state index contributed by atoms with van der Waals surface area (Å²) in [5.41, 5.74) is 0. The molecule has 1 fully saturated rings. The number of nitrogens with zero attached hydrogens (tertiary/aromatic N) is 2. The van der Waals surface area contributed by atoms with Crippen LogP contribution in [0.4, 0.5) is 0 Å². The second-order valence-electron chi connectivity index (χ2n) is 5.20. The van der Waals surface area contributed by atoms with E-state index >= 15 is 0 Å². The third-order valence-corrected chi connectivity index (χ3v) is 3.48. The van der Waals surface area contributed by atoms with Crippen LogP contribution in [0.2, 0.25) is 0 Å². The first-order chi connectivity index (χ1) is 9.10. The minimum absolute atomic E-state index is 0.143. The van der Waals surface area contributed by atoms with Crippen molar-refractivity contribution in [1.82, 2.24) is 9.80 Å². The third-order valence-electron chi connectivity index (χ3n) is 3.48. The molecule has 1 amide bonds. The van der Waals surface area contributed by atoms with Gasteiger partial charge in [0.1, 0.15) is 12.3 Å². The van der Waals surface area contributed by atoms with Crippen LogP contribution in [0.25, 0.3) is 0 Å². The van der Waals surface area contributed by atoms with Crippen LogP contribution in [-0.2, 0) is 9.53 Å². The van der Waals surface area contributed by atoms with Gasteiger partial charge >= 0.3 is 0 Å². The highest BCUT2D eigenvalue weighted by Gasteiger charge is 2.40. The Hall–Kier alpha value is -0.870. The number of ether oxygens (including phenoxy) is 1. The third kappa shape index (κ3) is 5.74. The highest BCUT2D eigenvalue weighted by Crippen LogP contribution is 2.27. The molecule has 1 heterocycles. The molecule has 0 radical (unpaired) electrons. The number of hydrogen-bond acceptors (Lipinski definition) is 3. The number of carbonyl (C=O) groups excluding carboxylic acids is 1. The lowest BCUT2D eigenvalue weighted by Gasteiger charge is -2.20. The molecule has 1 saturated heterocycles. The molecule has 1 aliphatic heterocycles. The van der Waals surface area contributed by atoms with Gasteiger partial charge in [0, 0.05) is 33.6 Å². The Labute approximate surface area is 117 Å². The van der Waals surface area contributed by atoms with E-state index in [0.29, 0.717) is 0 Å². The fraction of sp³-hybridized carbons (Fsp3) is 0.800. The van der Waals surface area contributed by atoms with Gasteiger partial charge in [-0.3, -0.25) is 9.69 Å². The number of allylic oxidation sites excluding steroid dienone is 1. The van der Waals surface area contributed by atoms with E-state index in [2.05, 4.69) is 24.0 Å². The summed E-state index contributed by atoms with van der Waals surface area (Å²) in [5, 5.41) is 0. The van der Waals surface area contributed by atoms with Crippen molar-refractivity contribution < 1.29 is 9.53 Å². The van der Waals surface area contributed by atoms with E-state index in [1.54, 1.807) is 11.8 Å². The highest BCUT2D eigenvalue weighted by molar-refractivity contribution is 5.72. The molecule has 4 nitrogen and oxygen atoms in total. The van der Waals surface area contributed by atoms with Crippen LogP contribution in [0.3, 0.4) is 0 Å². The molecule has 19 heavy (non-hydrogen) atoms. The van der Waals surface area contributed by atoms with Crippen molar-refractivity contribution in [2.75, 3.05) is 26.7 Å². The SMILES string of the molecule is C/C=C/C1OC1N(CCC)CCCCN(C)C(C)=O. The Morgan fingerprint density at radius 2 is 1.95 bits per heavy atom. The lowest BCUT2D eigenvalue weighted by molar-refractivity contribution is -0.127. The van der Waals surface area contributed by atoms with Gasteiger partial charge < -0.3 is 9.64 Å². The van der Waals surface area contributed by atoms with E-state index in [1.165, 1.54) is 0 Å². The standard InChI is InChI=1S/C15H28N2O2/c1-5-9-14-15(19-14)17(10-6-2)12-8-7-11-16(4)13(3)18/h5,9,14-15H,6-8,10-12H2,1-4H3/b9-5+. The zero-order chi connectivity index (χ0) is 14.3. The minimum atomic E-state index is 0.143. The molecular weight excluding hydrogens is 240 g/mol. The van der Waals surface area contributed by atoms with E-state index in [9.17, 15) is 4.79 Å². The molecule has 0 aromatic heterocycles. The molecule has 2 atom stereocenters. The van der Waals surface area contributed by atoms with Gasteiger partial charge in [-0.25, -0.2) is 0 Å². The van der Waals surface area contributed by atoms with Crippen molar-refractivity contribution in [2.45, 2.75) is 52.4 Å². The van der Waals surface area contributed by atoms with Crippen molar-refractivity contribution in [2.24, 2.45) is 0 Å². The summed E-state index contributed by atoms with van der Waals surface area (Å²) >= 11 is 0. The number of hydrogen-bond donors (Lipinski definition) is 0. The first-order valence-electron chi connectivity index (χ1n) is 7.34. The Balaban J connectivity index is 2.22. The fourth-order valence-corrected chi connectivity index (χ4v) is 2.21. The summed E-state index contributed by atoms with van der Waals surface area (Å²) in [5.74, 6) is 0.143. The Morgan fingerprint density at radius 1 is 1.26 bits per heavy atom. The zero-order valence-corrected chi connectivity index (χ0v) is 12.8. The van der Waals surface area contributed by atoms with Gasteiger partial charge in [0.25, 0.3) is 0 Å². The van der Waals surface area contributed by atoms with Crippen molar-refractivity contribution >= 4 is 5.91 Å². The molecule has 0 aliphatic carbocycles. The largest absolute Gasteiger partial charge is 0.349 e. The zero-order valence-electron chi connectivity index (χ0n) is 12.8. The first-order valence-corrected chi connectivity index (χ1v) is 7.34. The monoisotopic (exact) mass is 268 g/mol. The average molecular weight is 268 g/mol. The lowest BCUT2D eigenvalue weighted by Crippen LogP contribution is -2.31. The summed E-state index contributed by atoms with van der Waals surface area (Å²) in [6.45, 7) is 8.83. The van der Waals surface area contributed by atoms with Crippen molar-refractivity contribution in [3.63, 3.8) is 0 Å². The van der Waals surface area contributed by atoms with Crippen LogP contribution in [-0.4, -0.2) is 54.7 Å². The van der Waals surface area contributed by atoms with Crippen molar-refractivity contribution in [1.29, 1.82) is 0 Å². The number of amides is 1. The van der Waals surface area contributed by atoms with Crippen LogP contribution in [0.5, 0.6) is 0 Å². The van der Waals surface area contributed by atoms with Gasteiger partial charge in [-0.2, -0.15) is 0 Å². The van der Waals surface area contributed by atoms with Crippen molar-refractivity contribution in [3.8, 4) is 0 Å². The van der Waals surface area contributed by atoms with Crippen LogP contribution < -0.4 is 0 Å². The Morgan fingerprint density at radius 3 is 2.53 bits per heavy atom. The summed E-state index contributed by atoms with van der Waals surface area (Å²) in [7, 11) is 1.86. The van der Waals surface area contributed by atoms with Crippen LogP contribution in [0.1, 0.15) is 40.0 Å².